The van der Waals surface area contributed by atoms with Crippen molar-refractivity contribution in [2.75, 3.05) is 6.61 Å². The molecular weight excluding hydrogens is 368 g/mol. The Hall–Kier alpha value is -0.800. The van der Waals surface area contributed by atoms with Gasteiger partial charge in [0.15, 0.2) is 0 Å². The van der Waals surface area contributed by atoms with Crippen LogP contribution in [0.15, 0.2) is 46.9 Å². The van der Waals surface area contributed by atoms with E-state index in [1.807, 2.05) is 12.1 Å². The molecule has 0 aliphatic heterocycles. The minimum absolute atomic E-state index is 0.544. The number of benzene rings is 2. The summed E-state index contributed by atoms with van der Waals surface area (Å²) in [7, 11) is 0. The first kappa shape index (κ1) is 13.2. The SMILES string of the molecule is BrCc1cc(Br)ccc1OCC1Cc2ccccc21. The minimum Gasteiger partial charge on any atom is -0.493 e. The lowest BCUT2D eigenvalue weighted by Crippen LogP contribution is -2.23. The van der Waals surface area contributed by atoms with Crippen LogP contribution in [0.4, 0.5) is 0 Å². The lowest BCUT2D eigenvalue weighted by Gasteiger charge is -2.30. The molecule has 0 saturated heterocycles. The minimum atomic E-state index is 0.544. The maximum absolute atomic E-state index is 5.99. The van der Waals surface area contributed by atoms with E-state index in [-0.39, 0.29) is 0 Å². The highest BCUT2D eigenvalue weighted by atomic mass is 79.9. The molecule has 0 spiro atoms. The van der Waals surface area contributed by atoms with Gasteiger partial charge >= 0.3 is 0 Å². The third-order valence-corrected chi connectivity index (χ3v) is 4.67. The van der Waals surface area contributed by atoms with Gasteiger partial charge in [-0.05, 0) is 35.7 Å². The first-order chi connectivity index (χ1) is 9.28. The second kappa shape index (κ2) is 5.68. The van der Waals surface area contributed by atoms with Crippen LogP contribution in [0.25, 0.3) is 0 Å². The zero-order valence-electron chi connectivity index (χ0n) is 10.4. The molecule has 1 aliphatic rings. The molecule has 2 aromatic carbocycles. The molecule has 1 atom stereocenters. The molecular formula is C16H14Br2O. The number of hydrogen-bond donors (Lipinski definition) is 0. The van der Waals surface area contributed by atoms with E-state index in [9.17, 15) is 0 Å². The molecule has 1 nitrogen and oxygen atoms in total. The Bertz CT molecular complexity index is 595. The van der Waals surface area contributed by atoms with Crippen LogP contribution in [-0.2, 0) is 11.8 Å². The smallest absolute Gasteiger partial charge is 0.123 e. The molecule has 3 heteroatoms. The Kier molecular flexibility index (Phi) is 3.94. The van der Waals surface area contributed by atoms with Crippen molar-refractivity contribution >= 4 is 31.9 Å². The van der Waals surface area contributed by atoms with Crippen LogP contribution >= 0.6 is 31.9 Å². The number of alkyl halides is 1. The van der Waals surface area contributed by atoms with Gasteiger partial charge in [0.2, 0.25) is 0 Å². The Morgan fingerprint density at radius 1 is 1.16 bits per heavy atom. The predicted octanol–water partition coefficient (Wildman–Crippen LogP) is 5.06. The fraction of sp³-hybridized carbons (Fsp3) is 0.250. The zero-order valence-corrected chi connectivity index (χ0v) is 13.6. The van der Waals surface area contributed by atoms with Gasteiger partial charge in [-0.2, -0.15) is 0 Å². The number of ether oxygens (including phenoxy) is 1. The molecule has 0 amide bonds. The predicted molar refractivity (Wildman–Crippen MR) is 85.2 cm³/mol. The van der Waals surface area contributed by atoms with Gasteiger partial charge in [0.25, 0.3) is 0 Å². The lowest BCUT2D eigenvalue weighted by molar-refractivity contribution is 0.273. The van der Waals surface area contributed by atoms with Crippen molar-refractivity contribution in [2.45, 2.75) is 17.7 Å². The van der Waals surface area contributed by atoms with Crippen molar-refractivity contribution < 1.29 is 4.74 Å². The van der Waals surface area contributed by atoms with Crippen molar-refractivity contribution in [3.63, 3.8) is 0 Å². The van der Waals surface area contributed by atoms with Crippen LogP contribution in [0.2, 0.25) is 0 Å². The van der Waals surface area contributed by atoms with Gasteiger partial charge in [-0.15, -0.1) is 0 Å². The molecule has 19 heavy (non-hydrogen) atoms. The van der Waals surface area contributed by atoms with Gasteiger partial charge in [-0.3, -0.25) is 0 Å². The van der Waals surface area contributed by atoms with Gasteiger partial charge < -0.3 is 4.74 Å². The van der Waals surface area contributed by atoms with E-state index >= 15 is 0 Å². The first-order valence-electron chi connectivity index (χ1n) is 6.33. The van der Waals surface area contributed by atoms with E-state index in [1.165, 1.54) is 16.7 Å². The fourth-order valence-electron chi connectivity index (χ4n) is 2.50. The summed E-state index contributed by atoms with van der Waals surface area (Å²) in [6.45, 7) is 0.763. The molecule has 0 bridgehead atoms. The second-order valence-corrected chi connectivity index (χ2v) is 6.27. The third kappa shape index (κ3) is 2.72. The monoisotopic (exact) mass is 380 g/mol. The van der Waals surface area contributed by atoms with Crippen molar-refractivity contribution in [1.82, 2.24) is 0 Å². The molecule has 1 aliphatic carbocycles. The van der Waals surface area contributed by atoms with E-state index in [1.54, 1.807) is 0 Å². The highest BCUT2D eigenvalue weighted by Crippen LogP contribution is 2.35. The van der Waals surface area contributed by atoms with Crippen molar-refractivity contribution in [3.8, 4) is 5.75 Å². The lowest BCUT2D eigenvalue weighted by atomic mass is 9.78. The van der Waals surface area contributed by atoms with Crippen LogP contribution in [0.1, 0.15) is 22.6 Å². The Labute approximate surface area is 130 Å². The maximum Gasteiger partial charge on any atom is 0.123 e. The summed E-state index contributed by atoms with van der Waals surface area (Å²) in [6.07, 6.45) is 1.14. The molecule has 0 N–H and O–H groups in total. The normalized spacial score (nSPS) is 16.6. The molecule has 0 aromatic heterocycles. The Balaban J connectivity index is 1.68. The van der Waals surface area contributed by atoms with Gasteiger partial charge in [0.05, 0.1) is 6.61 Å². The molecule has 0 heterocycles. The summed E-state index contributed by atoms with van der Waals surface area (Å²) in [6, 6.07) is 14.8. The standard InChI is InChI=1S/C16H14Br2O/c17-9-12-8-14(18)5-6-16(12)19-10-13-7-11-3-1-2-4-15(11)13/h1-6,8,13H,7,9-10H2. The number of fused-ring (bicyclic) bond motifs is 1. The topological polar surface area (TPSA) is 9.23 Å². The third-order valence-electron chi connectivity index (χ3n) is 3.57. The van der Waals surface area contributed by atoms with Crippen LogP contribution in [0, 0.1) is 0 Å². The fourth-order valence-corrected chi connectivity index (χ4v) is 3.34. The highest BCUT2D eigenvalue weighted by Gasteiger charge is 2.26. The Morgan fingerprint density at radius 3 is 2.79 bits per heavy atom. The van der Waals surface area contributed by atoms with Gasteiger partial charge in [-0.1, -0.05) is 56.1 Å². The summed E-state index contributed by atoms with van der Waals surface area (Å²) in [5.74, 6) is 1.52. The summed E-state index contributed by atoms with van der Waals surface area (Å²) < 4.78 is 7.08. The molecule has 0 radical (unpaired) electrons. The van der Waals surface area contributed by atoms with Gasteiger partial charge in [-0.25, -0.2) is 0 Å². The van der Waals surface area contributed by atoms with Crippen LogP contribution in [-0.4, -0.2) is 6.61 Å². The zero-order chi connectivity index (χ0) is 13.2. The maximum atomic E-state index is 5.99. The average molecular weight is 382 g/mol. The van der Waals surface area contributed by atoms with Crippen LogP contribution in [0.5, 0.6) is 5.75 Å². The van der Waals surface area contributed by atoms with E-state index in [2.05, 4.69) is 62.2 Å². The van der Waals surface area contributed by atoms with Crippen molar-refractivity contribution in [2.24, 2.45) is 0 Å². The van der Waals surface area contributed by atoms with Crippen LogP contribution in [0.3, 0.4) is 0 Å². The largest absolute Gasteiger partial charge is 0.493 e. The van der Waals surface area contributed by atoms with E-state index in [0.717, 1.165) is 28.6 Å². The summed E-state index contributed by atoms with van der Waals surface area (Å²) in [5.41, 5.74) is 4.09. The Morgan fingerprint density at radius 2 is 2.00 bits per heavy atom. The number of hydrogen-bond acceptors (Lipinski definition) is 1. The van der Waals surface area contributed by atoms with Gasteiger partial charge in [0, 0.05) is 21.3 Å². The molecule has 0 fully saturated rings. The summed E-state index contributed by atoms with van der Waals surface area (Å²) in [5, 5.41) is 0.809. The molecule has 0 saturated carbocycles. The van der Waals surface area contributed by atoms with E-state index in [4.69, 9.17) is 4.74 Å². The van der Waals surface area contributed by atoms with Crippen molar-refractivity contribution in [1.29, 1.82) is 0 Å². The molecule has 2 aromatic rings. The molecule has 98 valence electrons. The van der Waals surface area contributed by atoms with Gasteiger partial charge in [0.1, 0.15) is 5.75 Å². The van der Waals surface area contributed by atoms with Crippen LogP contribution < -0.4 is 4.74 Å². The number of halogens is 2. The quantitative estimate of drug-likeness (QED) is 0.672. The molecule has 1 unspecified atom stereocenters. The summed E-state index contributed by atoms with van der Waals surface area (Å²) >= 11 is 6.99. The highest BCUT2D eigenvalue weighted by molar-refractivity contribution is 9.10. The second-order valence-electron chi connectivity index (χ2n) is 4.80. The van der Waals surface area contributed by atoms with Crippen molar-refractivity contribution in [3.05, 3.63) is 63.6 Å². The molecule has 3 rings (SSSR count). The van der Waals surface area contributed by atoms with E-state index < -0.39 is 0 Å². The average Bonchev–Trinajstić information content (AvgIpc) is 2.41. The summed E-state index contributed by atoms with van der Waals surface area (Å²) in [4.78, 5) is 0. The number of rotatable bonds is 4. The van der Waals surface area contributed by atoms with E-state index in [0.29, 0.717) is 5.92 Å². The first-order valence-corrected chi connectivity index (χ1v) is 8.24.